The zero-order chi connectivity index (χ0) is 18.1. The summed E-state index contributed by atoms with van der Waals surface area (Å²) >= 11 is 0. The number of fused-ring (bicyclic) bond motifs is 1. The van der Waals surface area contributed by atoms with Gasteiger partial charge in [0.2, 0.25) is 10.0 Å². The molecule has 1 saturated heterocycles. The van der Waals surface area contributed by atoms with Gasteiger partial charge in [-0.1, -0.05) is 12.1 Å². The van der Waals surface area contributed by atoms with Crippen molar-refractivity contribution < 1.29 is 8.42 Å². The van der Waals surface area contributed by atoms with Crippen LogP contribution in [0.4, 0.5) is 5.69 Å². The van der Waals surface area contributed by atoms with E-state index in [0.717, 1.165) is 49.8 Å². The molecule has 8 heteroatoms. The highest BCUT2D eigenvalue weighted by Crippen LogP contribution is 2.20. The lowest BCUT2D eigenvalue weighted by atomic mass is 10.2. The highest BCUT2D eigenvalue weighted by molar-refractivity contribution is 7.89. The lowest BCUT2D eigenvalue weighted by molar-refractivity contribution is 0.247. The van der Waals surface area contributed by atoms with Crippen LogP contribution in [0, 0.1) is 0 Å². The number of aromatic nitrogens is 2. The molecule has 0 spiro atoms. The molecule has 0 aliphatic carbocycles. The number of hydrogen-bond acceptors (Lipinski definition) is 5. The number of sulfonamides is 1. The first-order valence-corrected chi connectivity index (χ1v) is 10.1. The van der Waals surface area contributed by atoms with Gasteiger partial charge in [-0.05, 0) is 30.3 Å². The Hall–Kier alpha value is -2.42. The smallest absolute Gasteiger partial charge is 0.238 e. The van der Waals surface area contributed by atoms with E-state index in [1.807, 2.05) is 34.9 Å². The zero-order valence-electron chi connectivity index (χ0n) is 14.3. The average molecular weight is 371 g/mol. The van der Waals surface area contributed by atoms with Gasteiger partial charge in [-0.25, -0.2) is 18.5 Å². The molecule has 0 saturated carbocycles. The maximum absolute atomic E-state index is 11.5. The number of imidazole rings is 1. The molecule has 4 rings (SSSR count). The van der Waals surface area contributed by atoms with Gasteiger partial charge < -0.3 is 9.30 Å². The van der Waals surface area contributed by atoms with E-state index in [1.165, 1.54) is 6.07 Å². The van der Waals surface area contributed by atoms with E-state index in [1.54, 1.807) is 12.1 Å². The number of pyridine rings is 1. The monoisotopic (exact) mass is 371 g/mol. The lowest BCUT2D eigenvalue weighted by Gasteiger charge is -2.35. The van der Waals surface area contributed by atoms with Crippen LogP contribution in [0.5, 0.6) is 0 Å². The first kappa shape index (κ1) is 17.0. The maximum atomic E-state index is 11.5. The van der Waals surface area contributed by atoms with Gasteiger partial charge in [0.25, 0.3) is 0 Å². The summed E-state index contributed by atoms with van der Waals surface area (Å²) < 4.78 is 25.1. The first-order chi connectivity index (χ1) is 12.5. The molecule has 26 heavy (non-hydrogen) atoms. The highest BCUT2D eigenvalue weighted by Gasteiger charge is 2.19. The van der Waals surface area contributed by atoms with Gasteiger partial charge in [0.1, 0.15) is 5.65 Å². The molecule has 0 atom stereocenters. The molecule has 1 fully saturated rings. The van der Waals surface area contributed by atoms with Crippen LogP contribution in [0.2, 0.25) is 0 Å². The Bertz CT molecular complexity index is 990. The standard InChI is InChI=1S/C18H21N5O2S/c19-26(24,25)17-5-3-4-16(12-17)22-10-8-21(9-11-22)13-15-14-23-7-2-1-6-18(23)20-15/h1-7,12,14H,8-11,13H2,(H2,19,24,25). The molecule has 1 aromatic carbocycles. The number of nitrogens with zero attached hydrogens (tertiary/aromatic N) is 4. The summed E-state index contributed by atoms with van der Waals surface area (Å²) in [5.74, 6) is 0. The largest absolute Gasteiger partial charge is 0.369 e. The van der Waals surface area contributed by atoms with Crippen LogP contribution in [0.1, 0.15) is 5.69 Å². The quantitative estimate of drug-likeness (QED) is 0.747. The van der Waals surface area contributed by atoms with E-state index in [0.29, 0.717) is 0 Å². The summed E-state index contributed by atoms with van der Waals surface area (Å²) in [5, 5.41) is 5.23. The topological polar surface area (TPSA) is 83.9 Å². The van der Waals surface area contributed by atoms with E-state index in [9.17, 15) is 8.42 Å². The predicted octanol–water partition coefficient (Wildman–Crippen LogP) is 1.30. The van der Waals surface area contributed by atoms with E-state index in [-0.39, 0.29) is 4.90 Å². The summed E-state index contributed by atoms with van der Waals surface area (Å²) in [4.78, 5) is 9.36. The van der Waals surface area contributed by atoms with Crippen molar-refractivity contribution in [2.24, 2.45) is 5.14 Å². The molecule has 0 bridgehead atoms. The minimum atomic E-state index is -3.68. The molecule has 3 heterocycles. The Balaban J connectivity index is 1.41. The third-order valence-corrected chi connectivity index (χ3v) is 5.59. The van der Waals surface area contributed by atoms with Crippen LogP contribution >= 0.6 is 0 Å². The number of anilines is 1. The van der Waals surface area contributed by atoms with Gasteiger partial charge in [0.15, 0.2) is 0 Å². The predicted molar refractivity (Wildman–Crippen MR) is 100 cm³/mol. The molecule has 3 aromatic rings. The maximum Gasteiger partial charge on any atom is 0.238 e. The van der Waals surface area contributed by atoms with Crippen molar-refractivity contribution in [1.29, 1.82) is 0 Å². The Labute approximate surface area is 152 Å². The number of nitrogens with two attached hydrogens (primary N) is 1. The van der Waals surface area contributed by atoms with Crippen molar-refractivity contribution in [3.05, 3.63) is 60.6 Å². The van der Waals surface area contributed by atoms with Crippen LogP contribution in [-0.4, -0.2) is 48.9 Å². The van der Waals surface area contributed by atoms with Crippen molar-refractivity contribution in [3.63, 3.8) is 0 Å². The average Bonchev–Trinajstić information content (AvgIpc) is 3.04. The molecule has 1 aliphatic heterocycles. The molecule has 2 N–H and O–H groups in total. The van der Waals surface area contributed by atoms with Gasteiger partial charge in [-0.3, -0.25) is 4.90 Å². The van der Waals surface area contributed by atoms with Gasteiger partial charge in [-0.2, -0.15) is 0 Å². The third kappa shape index (κ3) is 3.57. The summed E-state index contributed by atoms with van der Waals surface area (Å²) in [7, 11) is -3.68. The number of benzene rings is 1. The Morgan fingerprint density at radius 2 is 1.85 bits per heavy atom. The van der Waals surface area contributed by atoms with Gasteiger partial charge in [0, 0.05) is 50.8 Å². The molecule has 2 aromatic heterocycles. The fourth-order valence-corrected chi connectivity index (χ4v) is 3.87. The minimum Gasteiger partial charge on any atom is -0.369 e. The Morgan fingerprint density at radius 1 is 1.04 bits per heavy atom. The molecule has 136 valence electrons. The molecular weight excluding hydrogens is 350 g/mol. The fraction of sp³-hybridized carbons (Fsp3) is 0.278. The van der Waals surface area contributed by atoms with Gasteiger partial charge >= 0.3 is 0 Å². The van der Waals surface area contributed by atoms with Crippen molar-refractivity contribution in [2.75, 3.05) is 31.1 Å². The minimum absolute atomic E-state index is 0.155. The van der Waals surface area contributed by atoms with Crippen LogP contribution < -0.4 is 10.0 Å². The van der Waals surface area contributed by atoms with E-state index >= 15 is 0 Å². The Kier molecular flexibility index (Phi) is 4.39. The van der Waals surface area contributed by atoms with Gasteiger partial charge in [-0.15, -0.1) is 0 Å². The molecule has 7 nitrogen and oxygen atoms in total. The second-order valence-corrected chi connectivity index (χ2v) is 8.07. The number of hydrogen-bond donors (Lipinski definition) is 1. The van der Waals surface area contributed by atoms with Crippen molar-refractivity contribution in [2.45, 2.75) is 11.4 Å². The Morgan fingerprint density at radius 3 is 2.58 bits per heavy atom. The number of piperazine rings is 1. The normalized spacial score (nSPS) is 16.3. The van der Waals surface area contributed by atoms with Crippen LogP contribution in [0.15, 0.2) is 59.8 Å². The summed E-state index contributed by atoms with van der Waals surface area (Å²) in [5.41, 5.74) is 2.91. The van der Waals surface area contributed by atoms with Gasteiger partial charge in [0.05, 0.1) is 10.6 Å². The second-order valence-electron chi connectivity index (χ2n) is 6.50. The number of primary sulfonamides is 1. The molecule has 0 radical (unpaired) electrons. The lowest BCUT2D eigenvalue weighted by Crippen LogP contribution is -2.46. The third-order valence-electron chi connectivity index (χ3n) is 4.68. The van der Waals surface area contributed by atoms with Crippen LogP contribution in [0.25, 0.3) is 5.65 Å². The second kappa shape index (κ2) is 6.71. The van der Waals surface area contributed by atoms with E-state index in [2.05, 4.69) is 21.0 Å². The SMILES string of the molecule is NS(=O)(=O)c1cccc(N2CCN(Cc3cn4ccccc4n3)CC2)c1. The van der Waals surface area contributed by atoms with Crippen LogP contribution in [-0.2, 0) is 16.6 Å². The molecular formula is C18H21N5O2S. The fourth-order valence-electron chi connectivity index (χ4n) is 3.31. The molecule has 1 aliphatic rings. The molecule has 0 unspecified atom stereocenters. The van der Waals surface area contributed by atoms with Crippen molar-refractivity contribution in [1.82, 2.24) is 14.3 Å². The molecule has 0 amide bonds. The summed E-state index contributed by atoms with van der Waals surface area (Å²) in [6, 6.07) is 12.8. The van der Waals surface area contributed by atoms with E-state index in [4.69, 9.17) is 5.14 Å². The highest BCUT2D eigenvalue weighted by atomic mass is 32.2. The van der Waals surface area contributed by atoms with Crippen LogP contribution in [0.3, 0.4) is 0 Å². The van der Waals surface area contributed by atoms with Crippen molar-refractivity contribution >= 4 is 21.4 Å². The van der Waals surface area contributed by atoms with Crippen molar-refractivity contribution in [3.8, 4) is 0 Å². The summed E-state index contributed by atoms with van der Waals surface area (Å²) in [6.07, 6.45) is 4.07. The van der Waals surface area contributed by atoms with E-state index < -0.39 is 10.0 Å². The zero-order valence-corrected chi connectivity index (χ0v) is 15.1. The first-order valence-electron chi connectivity index (χ1n) is 8.52. The number of rotatable bonds is 4. The summed E-state index contributed by atoms with van der Waals surface area (Å²) in [6.45, 7) is 4.27.